The molecule has 0 saturated carbocycles. The number of hydrogen-bond acceptors (Lipinski definition) is 3. The zero-order valence-electron chi connectivity index (χ0n) is 14.9. The van der Waals surface area contributed by atoms with E-state index in [2.05, 4.69) is 48.1 Å². The van der Waals surface area contributed by atoms with Gasteiger partial charge in [0.2, 0.25) is 0 Å². The van der Waals surface area contributed by atoms with Gasteiger partial charge >= 0.3 is 0 Å². The van der Waals surface area contributed by atoms with Gasteiger partial charge in [-0.3, -0.25) is 0 Å². The standard InChI is InChI=1S/C22H24N2O/c1-3-5-19-14-23-22(24-15-19)20-10-12-21(13-11-20)25-16-18-8-6-17(4-2)7-9-18/h6-15H,3-5,16H2,1-2H3. The van der Waals surface area contributed by atoms with Gasteiger partial charge in [0.15, 0.2) is 5.82 Å². The molecule has 3 rings (SSSR count). The lowest BCUT2D eigenvalue weighted by molar-refractivity contribution is 0.306. The first kappa shape index (κ1) is 17.2. The quantitative estimate of drug-likeness (QED) is 0.593. The van der Waals surface area contributed by atoms with Gasteiger partial charge in [0, 0.05) is 18.0 Å². The van der Waals surface area contributed by atoms with Crippen LogP contribution in [-0.4, -0.2) is 9.97 Å². The Balaban J connectivity index is 1.61. The van der Waals surface area contributed by atoms with Gasteiger partial charge in [-0.1, -0.05) is 44.5 Å². The van der Waals surface area contributed by atoms with Crippen molar-refractivity contribution in [1.82, 2.24) is 9.97 Å². The third-order valence-corrected chi connectivity index (χ3v) is 4.19. The van der Waals surface area contributed by atoms with Crippen LogP contribution in [0.1, 0.15) is 37.0 Å². The molecule has 0 aliphatic heterocycles. The average molecular weight is 332 g/mol. The summed E-state index contributed by atoms with van der Waals surface area (Å²) in [7, 11) is 0. The van der Waals surface area contributed by atoms with E-state index in [1.165, 1.54) is 16.7 Å². The van der Waals surface area contributed by atoms with E-state index < -0.39 is 0 Å². The van der Waals surface area contributed by atoms with Crippen molar-refractivity contribution in [2.24, 2.45) is 0 Å². The fraction of sp³-hybridized carbons (Fsp3) is 0.273. The molecule has 0 saturated heterocycles. The molecule has 0 fully saturated rings. The van der Waals surface area contributed by atoms with E-state index in [0.29, 0.717) is 6.61 Å². The van der Waals surface area contributed by atoms with Crippen LogP contribution in [0.25, 0.3) is 11.4 Å². The van der Waals surface area contributed by atoms with Crippen molar-refractivity contribution < 1.29 is 4.74 Å². The molecular formula is C22H24N2O. The SMILES string of the molecule is CCCc1cnc(-c2ccc(OCc3ccc(CC)cc3)cc2)nc1. The van der Waals surface area contributed by atoms with Crippen molar-refractivity contribution in [3.63, 3.8) is 0 Å². The zero-order chi connectivity index (χ0) is 17.5. The van der Waals surface area contributed by atoms with E-state index in [0.717, 1.165) is 36.4 Å². The minimum atomic E-state index is 0.575. The highest BCUT2D eigenvalue weighted by molar-refractivity contribution is 5.55. The summed E-state index contributed by atoms with van der Waals surface area (Å²) < 4.78 is 5.87. The Kier molecular flexibility index (Phi) is 5.78. The summed E-state index contributed by atoms with van der Waals surface area (Å²) in [5.41, 5.74) is 4.71. The van der Waals surface area contributed by atoms with Gasteiger partial charge in [0.25, 0.3) is 0 Å². The smallest absolute Gasteiger partial charge is 0.159 e. The number of hydrogen-bond donors (Lipinski definition) is 0. The lowest BCUT2D eigenvalue weighted by Gasteiger charge is -2.08. The minimum Gasteiger partial charge on any atom is -0.489 e. The number of ether oxygens (including phenoxy) is 1. The van der Waals surface area contributed by atoms with Gasteiger partial charge in [0.1, 0.15) is 12.4 Å². The summed E-state index contributed by atoms with van der Waals surface area (Å²) in [6, 6.07) is 16.5. The molecule has 1 aromatic heterocycles. The molecule has 0 N–H and O–H groups in total. The zero-order valence-corrected chi connectivity index (χ0v) is 14.9. The molecule has 3 aromatic rings. The predicted octanol–water partition coefficient (Wildman–Crippen LogP) is 5.24. The summed E-state index contributed by atoms with van der Waals surface area (Å²) in [6.07, 6.45) is 7.01. The fourth-order valence-electron chi connectivity index (χ4n) is 2.66. The van der Waals surface area contributed by atoms with Crippen molar-refractivity contribution in [1.29, 1.82) is 0 Å². The first-order valence-corrected chi connectivity index (χ1v) is 8.90. The topological polar surface area (TPSA) is 35.0 Å². The van der Waals surface area contributed by atoms with E-state index in [4.69, 9.17) is 4.74 Å². The Hall–Kier alpha value is -2.68. The number of nitrogens with zero attached hydrogens (tertiary/aromatic N) is 2. The molecule has 2 aromatic carbocycles. The van der Waals surface area contributed by atoms with Crippen LogP contribution in [0.3, 0.4) is 0 Å². The molecule has 128 valence electrons. The van der Waals surface area contributed by atoms with Crippen molar-refractivity contribution in [3.05, 3.63) is 77.6 Å². The van der Waals surface area contributed by atoms with Crippen LogP contribution in [0.4, 0.5) is 0 Å². The van der Waals surface area contributed by atoms with Gasteiger partial charge in [-0.25, -0.2) is 9.97 Å². The molecule has 0 bridgehead atoms. The predicted molar refractivity (Wildman–Crippen MR) is 102 cm³/mol. The van der Waals surface area contributed by atoms with Gasteiger partial charge in [-0.2, -0.15) is 0 Å². The van der Waals surface area contributed by atoms with Crippen LogP contribution in [0.5, 0.6) is 5.75 Å². The molecule has 0 atom stereocenters. The second-order valence-electron chi connectivity index (χ2n) is 6.15. The summed E-state index contributed by atoms with van der Waals surface area (Å²) in [6.45, 7) is 4.89. The monoisotopic (exact) mass is 332 g/mol. The molecule has 0 amide bonds. The second-order valence-corrected chi connectivity index (χ2v) is 6.15. The Morgan fingerprint density at radius 2 is 1.40 bits per heavy atom. The first-order valence-electron chi connectivity index (χ1n) is 8.90. The largest absolute Gasteiger partial charge is 0.489 e. The number of benzene rings is 2. The van der Waals surface area contributed by atoms with Gasteiger partial charge in [-0.05, 0) is 53.8 Å². The summed E-state index contributed by atoms with van der Waals surface area (Å²) in [5.74, 6) is 1.60. The second kappa shape index (κ2) is 8.43. The number of aryl methyl sites for hydroxylation is 2. The maximum absolute atomic E-state index is 5.87. The highest BCUT2D eigenvalue weighted by Gasteiger charge is 2.03. The minimum absolute atomic E-state index is 0.575. The van der Waals surface area contributed by atoms with Crippen LogP contribution in [0.15, 0.2) is 60.9 Å². The molecular weight excluding hydrogens is 308 g/mol. The van der Waals surface area contributed by atoms with E-state index >= 15 is 0 Å². The number of aromatic nitrogens is 2. The van der Waals surface area contributed by atoms with Crippen LogP contribution in [0, 0.1) is 0 Å². The summed E-state index contributed by atoms with van der Waals surface area (Å²) in [5, 5.41) is 0. The lowest BCUT2D eigenvalue weighted by atomic mass is 10.1. The van der Waals surface area contributed by atoms with E-state index in [1.807, 2.05) is 36.7 Å². The lowest BCUT2D eigenvalue weighted by Crippen LogP contribution is -1.96. The molecule has 0 radical (unpaired) electrons. The van der Waals surface area contributed by atoms with Crippen LogP contribution in [0.2, 0.25) is 0 Å². The Bertz CT molecular complexity index is 778. The number of rotatable bonds is 7. The van der Waals surface area contributed by atoms with Gasteiger partial charge in [-0.15, -0.1) is 0 Å². The Labute approximate surface area is 149 Å². The third-order valence-electron chi connectivity index (χ3n) is 4.19. The molecule has 0 spiro atoms. The molecule has 0 aliphatic rings. The van der Waals surface area contributed by atoms with Crippen molar-refractivity contribution in [2.45, 2.75) is 39.7 Å². The maximum atomic E-state index is 5.87. The molecule has 1 heterocycles. The molecule has 3 nitrogen and oxygen atoms in total. The van der Waals surface area contributed by atoms with Crippen LogP contribution < -0.4 is 4.74 Å². The Morgan fingerprint density at radius 3 is 2.00 bits per heavy atom. The molecule has 3 heteroatoms. The molecule has 0 aliphatic carbocycles. The third kappa shape index (κ3) is 4.66. The van der Waals surface area contributed by atoms with Crippen molar-refractivity contribution >= 4 is 0 Å². The van der Waals surface area contributed by atoms with Crippen molar-refractivity contribution in [2.75, 3.05) is 0 Å². The maximum Gasteiger partial charge on any atom is 0.159 e. The molecule has 0 unspecified atom stereocenters. The summed E-state index contributed by atoms with van der Waals surface area (Å²) in [4.78, 5) is 8.91. The van der Waals surface area contributed by atoms with Crippen LogP contribution >= 0.6 is 0 Å². The highest BCUT2D eigenvalue weighted by atomic mass is 16.5. The fourth-order valence-corrected chi connectivity index (χ4v) is 2.66. The van der Waals surface area contributed by atoms with E-state index in [9.17, 15) is 0 Å². The highest BCUT2D eigenvalue weighted by Crippen LogP contribution is 2.20. The Morgan fingerprint density at radius 1 is 0.760 bits per heavy atom. The molecule has 25 heavy (non-hydrogen) atoms. The average Bonchev–Trinajstić information content (AvgIpc) is 2.68. The van der Waals surface area contributed by atoms with E-state index in [-0.39, 0.29) is 0 Å². The van der Waals surface area contributed by atoms with E-state index in [1.54, 1.807) is 0 Å². The summed E-state index contributed by atoms with van der Waals surface area (Å²) >= 11 is 0. The van der Waals surface area contributed by atoms with Gasteiger partial charge in [0.05, 0.1) is 0 Å². The van der Waals surface area contributed by atoms with Gasteiger partial charge < -0.3 is 4.74 Å². The van der Waals surface area contributed by atoms with Crippen LogP contribution in [-0.2, 0) is 19.4 Å². The normalized spacial score (nSPS) is 10.6. The van der Waals surface area contributed by atoms with Crippen molar-refractivity contribution in [3.8, 4) is 17.1 Å². The first-order chi connectivity index (χ1) is 12.3.